The van der Waals surface area contributed by atoms with Gasteiger partial charge in [-0.25, -0.2) is 18.7 Å². The van der Waals surface area contributed by atoms with Crippen molar-refractivity contribution in [3.8, 4) is 0 Å². The van der Waals surface area contributed by atoms with E-state index in [9.17, 15) is 8.78 Å². The molecule has 4 nitrogen and oxygen atoms in total. The Morgan fingerprint density at radius 2 is 1.86 bits per heavy atom. The summed E-state index contributed by atoms with van der Waals surface area (Å²) >= 11 is 0. The molecule has 0 spiro atoms. The molecule has 0 aliphatic heterocycles. The fraction of sp³-hybridized carbons (Fsp3) is 0.500. The van der Waals surface area contributed by atoms with Crippen molar-refractivity contribution in [1.82, 2.24) is 9.97 Å². The minimum atomic E-state index is -2.52. The van der Waals surface area contributed by atoms with Gasteiger partial charge in [-0.15, -0.1) is 0 Å². The van der Waals surface area contributed by atoms with Crippen molar-refractivity contribution in [2.24, 2.45) is 0 Å². The fourth-order valence-electron chi connectivity index (χ4n) is 2.60. The molecule has 0 bridgehead atoms. The van der Waals surface area contributed by atoms with Crippen LogP contribution >= 0.6 is 0 Å². The number of nitrogens with one attached hydrogen (secondary N) is 1. The average molecular weight is 308 g/mol. The van der Waals surface area contributed by atoms with Crippen LogP contribution in [0.2, 0.25) is 0 Å². The van der Waals surface area contributed by atoms with Crippen molar-refractivity contribution >= 4 is 22.4 Å². The standard InChI is InChI=1S/C14H16F2N4.C2H6/c15-14(16)6-4-9(5-7-14)20-13-10-2-1-3-11(17)12(10)18-8-19-13;1-2/h1-3,8-9H,4-7,17H2,(H,18,19,20);1-2H3. The summed E-state index contributed by atoms with van der Waals surface area (Å²) in [5.74, 6) is -1.85. The van der Waals surface area contributed by atoms with Gasteiger partial charge in [0.1, 0.15) is 12.1 Å². The topological polar surface area (TPSA) is 63.8 Å². The minimum absolute atomic E-state index is 0.0224. The summed E-state index contributed by atoms with van der Waals surface area (Å²) in [5, 5.41) is 4.07. The van der Waals surface area contributed by atoms with Crippen molar-refractivity contribution in [3.63, 3.8) is 0 Å². The minimum Gasteiger partial charge on any atom is -0.397 e. The number of alkyl halides is 2. The number of para-hydroxylation sites is 1. The second kappa shape index (κ2) is 6.85. The molecule has 1 aromatic heterocycles. The Kier molecular flexibility index (Phi) is 5.11. The SMILES string of the molecule is CC.Nc1cccc2c(NC3CCC(F)(F)CC3)ncnc12. The van der Waals surface area contributed by atoms with Gasteiger partial charge in [0.15, 0.2) is 0 Å². The molecule has 120 valence electrons. The van der Waals surface area contributed by atoms with Crippen LogP contribution in [0, 0.1) is 0 Å². The number of hydrogen-bond acceptors (Lipinski definition) is 4. The van der Waals surface area contributed by atoms with Crippen LogP contribution in [0.5, 0.6) is 0 Å². The van der Waals surface area contributed by atoms with E-state index in [0.29, 0.717) is 29.9 Å². The van der Waals surface area contributed by atoms with Crippen LogP contribution in [0.1, 0.15) is 39.5 Å². The number of nitrogen functional groups attached to an aromatic ring is 1. The maximum absolute atomic E-state index is 13.2. The lowest BCUT2D eigenvalue weighted by molar-refractivity contribution is -0.0361. The van der Waals surface area contributed by atoms with E-state index in [2.05, 4.69) is 15.3 Å². The number of halogens is 2. The molecule has 6 heteroatoms. The summed E-state index contributed by atoms with van der Waals surface area (Å²) in [5.41, 5.74) is 7.15. The van der Waals surface area contributed by atoms with E-state index in [4.69, 9.17) is 5.73 Å². The number of fused-ring (bicyclic) bond motifs is 1. The third kappa shape index (κ3) is 3.61. The zero-order chi connectivity index (χ0) is 16.2. The predicted octanol–water partition coefficient (Wildman–Crippen LogP) is 4.23. The zero-order valence-electron chi connectivity index (χ0n) is 12.9. The van der Waals surface area contributed by atoms with Crippen LogP contribution in [0.15, 0.2) is 24.5 Å². The molecular formula is C16H22F2N4. The zero-order valence-corrected chi connectivity index (χ0v) is 12.9. The van der Waals surface area contributed by atoms with Crippen LogP contribution in [0.4, 0.5) is 20.3 Å². The molecule has 0 radical (unpaired) electrons. The first-order chi connectivity index (χ1) is 10.6. The van der Waals surface area contributed by atoms with Gasteiger partial charge in [0.2, 0.25) is 5.92 Å². The molecule has 3 N–H and O–H groups in total. The summed E-state index contributed by atoms with van der Waals surface area (Å²) in [7, 11) is 0. The van der Waals surface area contributed by atoms with Crippen LogP contribution in [0.3, 0.4) is 0 Å². The summed E-state index contributed by atoms with van der Waals surface area (Å²) in [6.07, 6.45) is 2.19. The van der Waals surface area contributed by atoms with E-state index in [1.165, 1.54) is 6.33 Å². The lowest BCUT2D eigenvalue weighted by Gasteiger charge is -2.29. The monoisotopic (exact) mass is 308 g/mol. The molecule has 1 fully saturated rings. The molecule has 22 heavy (non-hydrogen) atoms. The first kappa shape index (κ1) is 16.4. The molecule has 0 unspecified atom stereocenters. The van der Waals surface area contributed by atoms with Gasteiger partial charge in [-0.1, -0.05) is 19.9 Å². The Morgan fingerprint density at radius 3 is 2.55 bits per heavy atom. The third-order valence-electron chi connectivity index (χ3n) is 3.75. The first-order valence-corrected chi connectivity index (χ1v) is 7.69. The number of nitrogens with two attached hydrogens (primary N) is 1. The molecule has 0 saturated heterocycles. The lowest BCUT2D eigenvalue weighted by atomic mass is 9.92. The summed E-state index contributed by atoms with van der Waals surface area (Å²) < 4.78 is 26.3. The highest BCUT2D eigenvalue weighted by molar-refractivity contribution is 5.96. The Labute approximate surface area is 129 Å². The number of nitrogens with zero attached hydrogens (tertiary/aromatic N) is 2. The van der Waals surface area contributed by atoms with Gasteiger partial charge in [-0.05, 0) is 25.0 Å². The van der Waals surface area contributed by atoms with Crippen LogP contribution in [-0.4, -0.2) is 21.9 Å². The molecule has 2 aromatic rings. The van der Waals surface area contributed by atoms with Crippen molar-refractivity contribution in [1.29, 1.82) is 0 Å². The van der Waals surface area contributed by atoms with E-state index in [1.807, 2.05) is 26.0 Å². The Balaban J connectivity index is 0.000000847. The van der Waals surface area contributed by atoms with E-state index >= 15 is 0 Å². The van der Waals surface area contributed by atoms with E-state index in [0.717, 1.165) is 5.39 Å². The molecule has 1 aromatic carbocycles. The van der Waals surface area contributed by atoms with Crippen LogP contribution in [-0.2, 0) is 0 Å². The maximum atomic E-state index is 13.2. The molecule has 1 aliphatic rings. The number of hydrogen-bond donors (Lipinski definition) is 2. The highest BCUT2D eigenvalue weighted by Gasteiger charge is 2.35. The maximum Gasteiger partial charge on any atom is 0.248 e. The van der Waals surface area contributed by atoms with Gasteiger partial charge in [-0.2, -0.15) is 0 Å². The van der Waals surface area contributed by atoms with Gasteiger partial charge in [0.25, 0.3) is 0 Å². The van der Waals surface area contributed by atoms with Gasteiger partial charge >= 0.3 is 0 Å². The van der Waals surface area contributed by atoms with Gasteiger partial charge < -0.3 is 11.1 Å². The second-order valence-electron chi connectivity index (χ2n) is 5.24. The predicted molar refractivity (Wildman–Crippen MR) is 86.1 cm³/mol. The van der Waals surface area contributed by atoms with Crippen LogP contribution < -0.4 is 11.1 Å². The number of rotatable bonds is 2. The fourth-order valence-corrected chi connectivity index (χ4v) is 2.60. The number of anilines is 2. The summed E-state index contributed by atoms with van der Waals surface area (Å²) in [4.78, 5) is 8.37. The summed E-state index contributed by atoms with van der Waals surface area (Å²) in [6, 6.07) is 5.52. The van der Waals surface area contributed by atoms with E-state index in [1.54, 1.807) is 6.07 Å². The Hall–Kier alpha value is -1.98. The molecule has 3 rings (SSSR count). The van der Waals surface area contributed by atoms with Crippen molar-refractivity contribution in [3.05, 3.63) is 24.5 Å². The molecule has 0 amide bonds. The van der Waals surface area contributed by atoms with Crippen molar-refractivity contribution in [2.45, 2.75) is 51.5 Å². The van der Waals surface area contributed by atoms with Crippen molar-refractivity contribution in [2.75, 3.05) is 11.1 Å². The summed E-state index contributed by atoms with van der Waals surface area (Å²) in [6.45, 7) is 4.00. The average Bonchev–Trinajstić information content (AvgIpc) is 2.52. The quantitative estimate of drug-likeness (QED) is 0.815. The highest BCUT2D eigenvalue weighted by atomic mass is 19.3. The molecular weight excluding hydrogens is 286 g/mol. The normalized spacial score (nSPS) is 17.6. The van der Waals surface area contributed by atoms with E-state index in [-0.39, 0.29) is 18.9 Å². The van der Waals surface area contributed by atoms with Gasteiger partial charge in [0, 0.05) is 24.3 Å². The lowest BCUT2D eigenvalue weighted by Crippen LogP contribution is -2.32. The molecule has 1 aliphatic carbocycles. The second-order valence-corrected chi connectivity index (χ2v) is 5.24. The third-order valence-corrected chi connectivity index (χ3v) is 3.75. The first-order valence-electron chi connectivity index (χ1n) is 7.69. The van der Waals surface area contributed by atoms with Crippen molar-refractivity contribution < 1.29 is 8.78 Å². The van der Waals surface area contributed by atoms with E-state index < -0.39 is 5.92 Å². The van der Waals surface area contributed by atoms with Gasteiger partial charge in [0.05, 0.1) is 11.2 Å². The number of benzene rings is 1. The molecule has 1 heterocycles. The smallest absolute Gasteiger partial charge is 0.248 e. The largest absolute Gasteiger partial charge is 0.397 e. The highest BCUT2D eigenvalue weighted by Crippen LogP contribution is 2.34. The molecule has 1 saturated carbocycles. The van der Waals surface area contributed by atoms with Crippen LogP contribution in [0.25, 0.3) is 10.9 Å². The molecule has 0 atom stereocenters. The Morgan fingerprint density at radius 1 is 1.18 bits per heavy atom. The number of aromatic nitrogens is 2. The Bertz CT molecular complexity index is 621. The van der Waals surface area contributed by atoms with Gasteiger partial charge in [-0.3, -0.25) is 0 Å².